The van der Waals surface area contributed by atoms with E-state index >= 15 is 0 Å². The molecule has 34 heavy (non-hydrogen) atoms. The molecule has 8 heteroatoms. The number of hydrogen-bond donors (Lipinski definition) is 1. The van der Waals surface area contributed by atoms with E-state index in [0.29, 0.717) is 22.6 Å². The molecule has 3 heterocycles. The van der Waals surface area contributed by atoms with Crippen LogP contribution in [0.5, 0.6) is 0 Å². The number of nitrogens with one attached hydrogen (secondary N) is 1. The zero-order valence-electron chi connectivity index (χ0n) is 19.0. The molecule has 6 rings (SSSR count). The molecule has 0 radical (unpaired) electrons. The van der Waals surface area contributed by atoms with E-state index in [9.17, 15) is 4.79 Å². The fourth-order valence-corrected chi connectivity index (χ4v) is 5.46. The van der Waals surface area contributed by atoms with Gasteiger partial charge in [-0.2, -0.15) is 0 Å². The molecule has 1 unspecified atom stereocenters. The Balaban J connectivity index is 1.28. The van der Waals surface area contributed by atoms with Crippen molar-refractivity contribution < 1.29 is 9.53 Å². The van der Waals surface area contributed by atoms with E-state index in [0.717, 1.165) is 61.6 Å². The highest BCUT2D eigenvalue weighted by Gasteiger charge is 2.30. The maximum atomic E-state index is 12.8. The number of imidazole rings is 1. The van der Waals surface area contributed by atoms with Crippen LogP contribution in [0.1, 0.15) is 43.6 Å². The van der Waals surface area contributed by atoms with Gasteiger partial charge in [0.25, 0.3) is 0 Å². The Hall–Kier alpha value is -2.28. The SMILES string of the molecule is O=C(NC1CCOC1)C1CCN(c2nc3cc(Cl)c(Cl)cc3n2-c2ccc(C3CC3)cc2)CC1. The predicted molar refractivity (Wildman–Crippen MR) is 135 cm³/mol. The van der Waals surface area contributed by atoms with Crippen molar-refractivity contribution in [1.82, 2.24) is 14.9 Å². The Bertz CT molecular complexity index is 1210. The Morgan fingerprint density at radius 2 is 1.74 bits per heavy atom. The molecule has 2 aromatic carbocycles. The number of carbonyl (C=O) groups is 1. The molecule has 1 amide bonds. The van der Waals surface area contributed by atoms with E-state index in [-0.39, 0.29) is 17.9 Å². The number of aromatic nitrogens is 2. The summed E-state index contributed by atoms with van der Waals surface area (Å²) in [6.07, 6.45) is 5.06. The molecule has 6 nitrogen and oxygen atoms in total. The number of hydrogen-bond acceptors (Lipinski definition) is 4. The van der Waals surface area contributed by atoms with Gasteiger partial charge in [0, 0.05) is 31.3 Å². The van der Waals surface area contributed by atoms with Gasteiger partial charge in [-0.05, 0) is 67.9 Å². The van der Waals surface area contributed by atoms with Crippen molar-refractivity contribution in [2.75, 3.05) is 31.2 Å². The second-order valence-electron chi connectivity index (χ2n) is 9.70. The third kappa shape index (κ3) is 4.28. The van der Waals surface area contributed by atoms with Gasteiger partial charge in [0.2, 0.25) is 11.9 Å². The minimum absolute atomic E-state index is 0.0244. The van der Waals surface area contributed by atoms with Crippen molar-refractivity contribution >= 4 is 46.1 Å². The third-order valence-electron chi connectivity index (χ3n) is 7.30. The van der Waals surface area contributed by atoms with Crippen molar-refractivity contribution in [3.8, 4) is 5.69 Å². The Kier molecular flexibility index (Phi) is 5.92. The summed E-state index contributed by atoms with van der Waals surface area (Å²) < 4.78 is 7.56. The summed E-state index contributed by atoms with van der Waals surface area (Å²) in [6, 6.07) is 12.7. The Morgan fingerprint density at radius 1 is 1.00 bits per heavy atom. The van der Waals surface area contributed by atoms with Crippen molar-refractivity contribution in [3.05, 3.63) is 52.0 Å². The number of benzene rings is 2. The zero-order valence-corrected chi connectivity index (χ0v) is 20.5. The first kappa shape index (κ1) is 22.2. The number of nitrogens with zero attached hydrogens (tertiary/aromatic N) is 3. The summed E-state index contributed by atoms with van der Waals surface area (Å²) in [5.41, 5.74) is 4.21. The average Bonchev–Trinajstić information content (AvgIpc) is 3.46. The van der Waals surface area contributed by atoms with Crippen LogP contribution in [0.15, 0.2) is 36.4 Å². The van der Waals surface area contributed by atoms with Crippen molar-refractivity contribution in [3.63, 3.8) is 0 Å². The molecule has 1 N–H and O–H groups in total. The minimum Gasteiger partial charge on any atom is -0.379 e. The molecule has 0 bridgehead atoms. The van der Waals surface area contributed by atoms with Crippen LogP contribution in [0.25, 0.3) is 16.7 Å². The van der Waals surface area contributed by atoms with Crippen LogP contribution in [0.2, 0.25) is 10.0 Å². The number of piperidine rings is 1. The number of ether oxygens (including phenoxy) is 1. The highest BCUT2D eigenvalue weighted by atomic mass is 35.5. The molecule has 2 saturated heterocycles. The smallest absolute Gasteiger partial charge is 0.223 e. The van der Waals surface area contributed by atoms with Gasteiger partial charge < -0.3 is 15.0 Å². The number of rotatable bonds is 5. The molecule has 3 fully saturated rings. The number of amides is 1. The first-order valence-corrected chi connectivity index (χ1v) is 12.9. The summed E-state index contributed by atoms with van der Waals surface area (Å²) in [4.78, 5) is 20.0. The van der Waals surface area contributed by atoms with Gasteiger partial charge in [-0.1, -0.05) is 35.3 Å². The van der Waals surface area contributed by atoms with Crippen LogP contribution in [0.4, 0.5) is 5.95 Å². The highest BCUT2D eigenvalue weighted by Crippen LogP contribution is 2.41. The van der Waals surface area contributed by atoms with Crippen LogP contribution in [0.3, 0.4) is 0 Å². The molecule has 1 saturated carbocycles. The lowest BCUT2D eigenvalue weighted by atomic mass is 9.95. The molecule has 0 spiro atoms. The normalized spacial score (nSPS) is 21.4. The molecule has 1 atom stereocenters. The van der Waals surface area contributed by atoms with Crippen LogP contribution in [-0.4, -0.2) is 47.8 Å². The quantitative estimate of drug-likeness (QED) is 0.516. The molecule has 2 aliphatic heterocycles. The number of carbonyl (C=O) groups excluding carboxylic acids is 1. The Morgan fingerprint density at radius 3 is 2.41 bits per heavy atom. The fourth-order valence-electron chi connectivity index (χ4n) is 5.15. The highest BCUT2D eigenvalue weighted by molar-refractivity contribution is 6.42. The first-order chi connectivity index (χ1) is 16.6. The minimum atomic E-state index is 0.0244. The van der Waals surface area contributed by atoms with Crippen LogP contribution >= 0.6 is 23.2 Å². The number of anilines is 1. The Labute approximate surface area is 209 Å². The van der Waals surface area contributed by atoms with Crippen molar-refractivity contribution in [2.24, 2.45) is 5.92 Å². The van der Waals surface area contributed by atoms with Crippen LogP contribution in [0, 0.1) is 5.92 Å². The maximum absolute atomic E-state index is 12.8. The molecule has 178 valence electrons. The standard InChI is InChI=1S/C26H28Cl2N4O2/c27-21-13-23-24(14-22(21)28)32(20-5-3-17(4-6-20)16-1-2-16)26(30-23)31-10-7-18(8-11-31)25(33)29-19-9-12-34-15-19/h3-6,13-14,16,18-19H,1-2,7-12,15H2,(H,29,33). The first-order valence-electron chi connectivity index (χ1n) is 12.2. The average molecular weight is 499 g/mol. The van der Waals surface area contributed by atoms with E-state index in [1.807, 2.05) is 12.1 Å². The second-order valence-corrected chi connectivity index (χ2v) is 10.5. The summed E-state index contributed by atoms with van der Waals surface area (Å²) in [5, 5.41) is 4.18. The van der Waals surface area contributed by atoms with E-state index in [4.69, 9.17) is 32.9 Å². The predicted octanol–water partition coefficient (Wildman–Crippen LogP) is 5.33. The number of halogens is 2. The summed E-state index contributed by atoms with van der Waals surface area (Å²) in [7, 11) is 0. The molecule has 3 aliphatic rings. The molecule has 3 aromatic rings. The third-order valence-corrected chi connectivity index (χ3v) is 8.03. The number of fused-ring (bicyclic) bond motifs is 1. The molecule has 1 aliphatic carbocycles. The van der Waals surface area contributed by atoms with Crippen molar-refractivity contribution in [2.45, 2.75) is 44.1 Å². The van der Waals surface area contributed by atoms with Crippen molar-refractivity contribution in [1.29, 1.82) is 0 Å². The van der Waals surface area contributed by atoms with E-state index in [1.54, 1.807) is 0 Å². The molecule has 1 aromatic heterocycles. The van der Waals surface area contributed by atoms with Gasteiger partial charge in [0.1, 0.15) is 0 Å². The topological polar surface area (TPSA) is 59.4 Å². The van der Waals surface area contributed by atoms with Gasteiger partial charge in [-0.3, -0.25) is 9.36 Å². The second kappa shape index (κ2) is 9.06. The van der Waals surface area contributed by atoms with Gasteiger partial charge >= 0.3 is 0 Å². The molecular formula is C26H28Cl2N4O2. The van der Waals surface area contributed by atoms with Gasteiger partial charge in [0.15, 0.2) is 0 Å². The maximum Gasteiger partial charge on any atom is 0.223 e. The van der Waals surface area contributed by atoms with E-state index in [2.05, 4.69) is 39.0 Å². The lowest BCUT2D eigenvalue weighted by Gasteiger charge is -2.32. The largest absolute Gasteiger partial charge is 0.379 e. The van der Waals surface area contributed by atoms with E-state index < -0.39 is 0 Å². The summed E-state index contributed by atoms with van der Waals surface area (Å²) in [5.74, 6) is 1.76. The molecular weight excluding hydrogens is 471 g/mol. The summed E-state index contributed by atoms with van der Waals surface area (Å²) in [6.45, 7) is 2.89. The fraction of sp³-hybridized carbons (Fsp3) is 0.462. The lowest BCUT2D eigenvalue weighted by Crippen LogP contribution is -2.44. The van der Waals surface area contributed by atoms with Crippen LogP contribution in [-0.2, 0) is 9.53 Å². The lowest BCUT2D eigenvalue weighted by molar-refractivity contribution is -0.126. The van der Waals surface area contributed by atoms with E-state index in [1.165, 1.54) is 18.4 Å². The monoisotopic (exact) mass is 498 g/mol. The van der Waals surface area contributed by atoms with Gasteiger partial charge in [-0.15, -0.1) is 0 Å². The van der Waals surface area contributed by atoms with Crippen LogP contribution < -0.4 is 10.2 Å². The van der Waals surface area contributed by atoms with Gasteiger partial charge in [0.05, 0.1) is 33.7 Å². The summed E-state index contributed by atoms with van der Waals surface area (Å²) >= 11 is 12.7. The zero-order chi connectivity index (χ0) is 23.2. The van der Waals surface area contributed by atoms with Gasteiger partial charge in [-0.25, -0.2) is 4.98 Å².